The number of carbonyl (C=O) groups excluding carboxylic acids is 1. The van der Waals surface area contributed by atoms with Gasteiger partial charge in [0, 0.05) is 25.4 Å². The average molecular weight is 276 g/mol. The van der Waals surface area contributed by atoms with E-state index in [4.69, 9.17) is 5.11 Å². The van der Waals surface area contributed by atoms with Crippen molar-refractivity contribution in [1.29, 1.82) is 0 Å². The number of hydrogen-bond donors (Lipinski definition) is 2. The monoisotopic (exact) mass is 276 g/mol. The van der Waals surface area contributed by atoms with Crippen LogP contribution in [0.2, 0.25) is 0 Å². The summed E-state index contributed by atoms with van der Waals surface area (Å²) in [4.78, 5) is 28.7. The van der Waals surface area contributed by atoms with Crippen molar-refractivity contribution < 1.29 is 19.8 Å². The first kappa shape index (κ1) is 12.5. The number of likely N-dealkylation sites (tertiary alicyclic amines) is 1. The third-order valence-electron chi connectivity index (χ3n) is 3.38. The van der Waals surface area contributed by atoms with E-state index in [-0.39, 0.29) is 18.5 Å². The van der Waals surface area contributed by atoms with E-state index in [2.05, 4.69) is 10.1 Å². The minimum atomic E-state index is -1.12. The minimum absolute atomic E-state index is 0.00734. The average Bonchev–Trinajstić information content (AvgIpc) is 3.01. The highest BCUT2D eigenvalue weighted by atomic mass is 16.4. The molecule has 0 aromatic carbocycles. The van der Waals surface area contributed by atoms with Crippen molar-refractivity contribution >= 4 is 17.4 Å². The van der Waals surface area contributed by atoms with Crippen LogP contribution in [0.25, 0.3) is 5.52 Å². The Morgan fingerprint density at radius 3 is 2.90 bits per heavy atom. The lowest BCUT2D eigenvalue weighted by Crippen LogP contribution is -2.40. The topological polar surface area (TPSA) is 108 Å². The number of carboxylic acids is 1. The smallest absolute Gasteiger partial charge is 0.326 e. The van der Waals surface area contributed by atoms with E-state index in [1.54, 1.807) is 6.20 Å². The summed E-state index contributed by atoms with van der Waals surface area (Å²) in [6.07, 6.45) is 5.22. The van der Waals surface area contributed by atoms with Crippen molar-refractivity contribution in [2.45, 2.75) is 18.6 Å². The molecule has 0 bridgehead atoms. The minimum Gasteiger partial charge on any atom is -0.480 e. The van der Waals surface area contributed by atoms with E-state index in [1.165, 1.54) is 23.1 Å². The molecule has 2 N–H and O–H groups in total. The summed E-state index contributed by atoms with van der Waals surface area (Å²) in [5, 5.41) is 22.7. The second-order valence-electron chi connectivity index (χ2n) is 4.67. The molecule has 1 amide bonds. The number of carboxylic acid groups (broad SMARTS) is 1. The zero-order chi connectivity index (χ0) is 14.3. The lowest BCUT2D eigenvalue weighted by atomic mass is 10.2. The van der Waals surface area contributed by atoms with Crippen LogP contribution in [0.1, 0.15) is 16.8 Å². The van der Waals surface area contributed by atoms with Gasteiger partial charge in [0.25, 0.3) is 5.91 Å². The fourth-order valence-corrected chi connectivity index (χ4v) is 2.43. The molecular weight excluding hydrogens is 264 g/mol. The van der Waals surface area contributed by atoms with Gasteiger partial charge in [-0.2, -0.15) is 5.10 Å². The van der Waals surface area contributed by atoms with Gasteiger partial charge in [-0.3, -0.25) is 9.78 Å². The molecule has 1 aliphatic rings. The van der Waals surface area contributed by atoms with Crippen LogP contribution in [0.5, 0.6) is 0 Å². The van der Waals surface area contributed by atoms with Crippen molar-refractivity contribution in [2.24, 2.45) is 0 Å². The van der Waals surface area contributed by atoms with Crippen molar-refractivity contribution in [1.82, 2.24) is 19.5 Å². The molecule has 1 fully saturated rings. The van der Waals surface area contributed by atoms with E-state index < -0.39 is 24.0 Å². The fourth-order valence-electron chi connectivity index (χ4n) is 2.43. The standard InChI is InChI=1S/C12H12N4O4/c17-7-3-9(12(19)20)15(6-7)11(18)8-4-14-16-2-1-13-5-10(8)16/h1-2,4-5,7,9,17H,3,6H2,(H,19,20)/t7-,9+/m1/s1. The Labute approximate surface area is 113 Å². The van der Waals surface area contributed by atoms with Gasteiger partial charge >= 0.3 is 5.97 Å². The number of carbonyl (C=O) groups is 2. The van der Waals surface area contributed by atoms with Gasteiger partial charge in [0.05, 0.1) is 29.6 Å². The summed E-state index contributed by atoms with van der Waals surface area (Å²) in [7, 11) is 0. The molecule has 3 rings (SSSR count). The number of nitrogens with zero attached hydrogens (tertiary/aromatic N) is 4. The first-order valence-corrected chi connectivity index (χ1v) is 6.07. The van der Waals surface area contributed by atoms with Crippen LogP contribution in [-0.4, -0.2) is 60.3 Å². The molecule has 2 atom stereocenters. The number of rotatable bonds is 2. The summed E-state index contributed by atoms with van der Waals surface area (Å²) >= 11 is 0. The molecule has 20 heavy (non-hydrogen) atoms. The highest BCUT2D eigenvalue weighted by Crippen LogP contribution is 2.22. The largest absolute Gasteiger partial charge is 0.480 e. The Kier molecular flexibility index (Phi) is 2.87. The first-order valence-electron chi connectivity index (χ1n) is 6.07. The molecule has 0 radical (unpaired) electrons. The van der Waals surface area contributed by atoms with Crippen LogP contribution in [0, 0.1) is 0 Å². The Balaban J connectivity index is 1.98. The molecule has 0 saturated carbocycles. The van der Waals surface area contributed by atoms with E-state index in [0.717, 1.165) is 4.90 Å². The summed E-state index contributed by atoms with van der Waals surface area (Å²) < 4.78 is 1.49. The van der Waals surface area contributed by atoms with E-state index in [1.807, 2.05) is 0 Å². The molecule has 2 aromatic heterocycles. The van der Waals surface area contributed by atoms with Crippen LogP contribution in [0.15, 0.2) is 24.8 Å². The highest BCUT2D eigenvalue weighted by Gasteiger charge is 2.39. The molecule has 1 saturated heterocycles. The van der Waals surface area contributed by atoms with Crippen LogP contribution in [-0.2, 0) is 4.79 Å². The Morgan fingerprint density at radius 1 is 1.35 bits per heavy atom. The number of aliphatic hydroxyl groups is 1. The molecule has 8 nitrogen and oxygen atoms in total. The summed E-state index contributed by atoms with van der Waals surface area (Å²) in [6.45, 7) is 0.00734. The van der Waals surface area contributed by atoms with Gasteiger partial charge in [-0.1, -0.05) is 0 Å². The van der Waals surface area contributed by atoms with Gasteiger partial charge in [0.15, 0.2) is 0 Å². The SMILES string of the molecule is O=C(O)[C@@H]1C[C@@H](O)CN1C(=O)c1cnn2ccncc12. The number of hydrogen-bond acceptors (Lipinski definition) is 5. The Morgan fingerprint density at radius 2 is 2.15 bits per heavy atom. The van der Waals surface area contributed by atoms with Crippen molar-refractivity contribution in [2.75, 3.05) is 6.54 Å². The van der Waals surface area contributed by atoms with Gasteiger partial charge in [0.1, 0.15) is 6.04 Å². The molecule has 3 heterocycles. The van der Waals surface area contributed by atoms with E-state index >= 15 is 0 Å². The van der Waals surface area contributed by atoms with Gasteiger partial charge in [-0.25, -0.2) is 9.31 Å². The molecule has 104 valence electrons. The summed E-state index contributed by atoms with van der Waals surface area (Å²) in [6, 6.07) is -1.01. The van der Waals surface area contributed by atoms with Gasteiger partial charge < -0.3 is 15.1 Å². The number of β-amino-alcohol motifs (C(OH)–C–C–N with tert-alkyl or cyclic N) is 1. The van der Waals surface area contributed by atoms with E-state index in [9.17, 15) is 14.7 Å². The molecule has 0 aliphatic carbocycles. The molecule has 0 unspecified atom stereocenters. The quantitative estimate of drug-likeness (QED) is 0.757. The van der Waals surface area contributed by atoms with Crippen molar-refractivity contribution in [3.8, 4) is 0 Å². The predicted molar refractivity (Wildman–Crippen MR) is 66.1 cm³/mol. The maximum Gasteiger partial charge on any atom is 0.326 e. The fraction of sp³-hybridized carbons (Fsp3) is 0.333. The van der Waals surface area contributed by atoms with E-state index in [0.29, 0.717) is 5.52 Å². The predicted octanol–water partition coefficient (Wildman–Crippen LogP) is -0.611. The second kappa shape index (κ2) is 4.57. The second-order valence-corrected chi connectivity index (χ2v) is 4.67. The number of fused-ring (bicyclic) bond motifs is 1. The number of aromatic nitrogens is 3. The highest BCUT2D eigenvalue weighted by molar-refractivity contribution is 6.02. The first-order chi connectivity index (χ1) is 9.58. The van der Waals surface area contributed by atoms with Crippen LogP contribution in [0.4, 0.5) is 0 Å². The third kappa shape index (κ3) is 1.90. The molecule has 0 spiro atoms. The third-order valence-corrected chi connectivity index (χ3v) is 3.38. The Hall–Kier alpha value is -2.48. The van der Waals surface area contributed by atoms with Gasteiger partial charge in [-0.15, -0.1) is 0 Å². The normalized spacial score (nSPS) is 22.4. The number of aliphatic hydroxyl groups excluding tert-OH is 1. The molecule has 1 aliphatic heterocycles. The summed E-state index contributed by atoms with van der Waals surface area (Å²) in [5.74, 6) is -1.58. The van der Waals surface area contributed by atoms with Gasteiger partial charge in [0.2, 0.25) is 0 Å². The van der Waals surface area contributed by atoms with Crippen LogP contribution >= 0.6 is 0 Å². The molecular formula is C12H12N4O4. The lowest BCUT2D eigenvalue weighted by molar-refractivity contribution is -0.141. The summed E-state index contributed by atoms with van der Waals surface area (Å²) in [5.41, 5.74) is 0.779. The Bertz CT molecular complexity index is 683. The van der Waals surface area contributed by atoms with Crippen molar-refractivity contribution in [3.63, 3.8) is 0 Å². The molecule has 2 aromatic rings. The lowest BCUT2D eigenvalue weighted by Gasteiger charge is -2.20. The zero-order valence-electron chi connectivity index (χ0n) is 10.4. The number of aliphatic carboxylic acids is 1. The number of amides is 1. The van der Waals surface area contributed by atoms with Gasteiger partial charge in [-0.05, 0) is 0 Å². The van der Waals surface area contributed by atoms with Crippen LogP contribution < -0.4 is 0 Å². The zero-order valence-corrected chi connectivity index (χ0v) is 10.4. The maximum absolute atomic E-state index is 12.5. The molecule has 8 heteroatoms. The maximum atomic E-state index is 12.5. The van der Waals surface area contributed by atoms with Crippen molar-refractivity contribution in [3.05, 3.63) is 30.4 Å². The van der Waals surface area contributed by atoms with Crippen LogP contribution in [0.3, 0.4) is 0 Å².